The van der Waals surface area contributed by atoms with Gasteiger partial charge in [0.1, 0.15) is 12.0 Å². The third-order valence-corrected chi connectivity index (χ3v) is 2.87. The Hall–Kier alpha value is -2.24. The van der Waals surface area contributed by atoms with E-state index in [-0.39, 0.29) is 12.0 Å². The van der Waals surface area contributed by atoms with Crippen molar-refractivity contribution in [3.05, 3.63) is 59.9 Å². The highest BCUT2D eigenvalue weighted by Crippen LogP contribution is 2.24. The van der Waals surface area contributed by atoms with E-state index in [1.54, 1.807) is 24.3 Å². The molecule has 0 unspecified atom stereocenters. The minimum absolute atomic E-state index is 0.0370. The van der Waals surface area contributed by atoms with Crippen molar-refractivity contribution in [3.8, 4) is 11.5 Å². The van der Waals surface area contributed by atoms with Crippen LogP contribution in [-0.4, -0.2) is 25.8 Å². The SMILES string of the molecule is CCOC(C)OCC.O=Cc1ccc(F)c(Oc2ccccc2)c1. The van der Waals surface area contributed by atoms with Crippen molar-refractivity contribution < 1.29 is 23.4 Å². The van der Waals surface area contributed by atoms with Gasteiger partial charge in [0, 0.05) is 18.8 Å². The van der Waals surface area contributed by atoms with Gasteiger partial charge >= 0.3 is 0 Å². The predicted molar refractivity (Wildman–Crippen MR) is 91.0 cm³/mol. The molecular formula is C19H23FO4. The molecule has 2 rings (SSSR count). The second-order valence-corrected chi connectivity index (χ2v) is 4.70. The van der Waals surface area contributed by atoms with Gasteiger partial charge in [0.15, 0.2) is 17.9 Å². The number of carbonyl (C=O) groups is 1. The number of halogens is 1. The first-order valence-corrected chi connectivity index (χ1v) is 7.81. The molecule has 0 spiro atoms. The predicted octanol–water partition coefficient (Wildman–Crippen LogP) is 4.84. The number of ether oxygens (including phenoxy) is 3. The van der Waals surface area contributed by atoms with Gasteiger partial charge in [-0.1, -0.05) is 18.2 Å². The van der Waals surface area contributed by atoms with Crippen LogP contribution in [0.2, 0.25) is 0 Å². The van der Waals surface area contributed by atoms with Crippen molar-refractivity contribution in [1.82, 2.24) is 0 Å². The molecule has 2 aromatic carbocycles. The summed E-state index contributed by atoms with van der Waals surface area (Å²) < 4.78 is 28.8. The van der Waals surface area contributed by atoms with E-state index in [1.165, 1.54) is 18.2 Å². The molecule has 0 radical (unpaired) electrons. The van der Waals surface area contributed by atoms with E-state index in [9.17, 15) is 9.18 Å². The topological polar surface area (TPSA) is 44.8 Å². The van der Waals surface area contributed by atoms with Crippen molar-refractivity contribution in [3.63, 3.8) is 0 Å². The molecule has 0 aliphatic rings. The van der Waals surface area contributed by atoms with E-state index < -0.39 is 5.82 Å². The van der Waals surface area contributed by atoms with Crippen LogP contribution in [0.5, 0.6) is 11.5 Å². The molecule has 130 valence electrons. The number of carbonyl (C=O) groups excluding carboxylic acids is 1. The van der Waals surface area contributed by atoms with Crippen molar-refractivity contribution >= 4 is 6.29 Å². The lowest BCUT2D eigenvalue weighted by Crippen LogP contribution is -2.11. The molecule has 4 nitrogen and oxygen atoms in total. The average Bonchev–Trinajstić information content (AvgIpc) is 2.59. The number of rotatable bonds is 7. The van der Waals surface area contributed by atoms with Gasteiger partial charge in [-0.05, 0) is 51.1 Å². The van der Waals surface area contributed by atoms with Crippen LogP contribution in [0.3, 0.4) is 0 Å². The highest BCUT2D eigenvalue weighted by atomic mass is 19.1. The largest absolute Gasteiger partial charge is 0.454 e. The van der Waals surface area contributed by atoms with Crippen molar-refractivity contribution in [2.24, 2.45) is 0 Å². The molecular weight excluding hydrogens is 311 g/mol. The zero-order valence-corrected chi connectivity index (χ0v) is 14.2. The molecule has 0 atom stereocenters. The summed E-state index contributed by atoms with van der Waals surface area (Å²) in [6.07, 6.45) is 0.613. The summed E-state index contributed by atoms with van der Waals surface area (Å²) in [5, 5.41) is 0. The van der Waals surface area contributed by atoms with E-state index in [0.717, 1.165) is 13.2 Å². The Kier molecular flexibility index (Phi) is 9.34. The Labute approximate surface area is 142 Å². The normalized spacial score (nSPS) is 10.0. The van der Waals surface area contributed by atoms with Crippen LogP contribution < -0.4 is 4.74 Å². The van der Waals surface area contributed by atoms with Gasteiger partial charge in [0.25, 0.3) is 0 Å². The summed E-state index contributed by atoms with van der Waals surface area (Å²) in [7, 11) is 0. The van der Waals surface area contributed by atoms with E-state index in [0.29, 0.717) is 17.6 Å². The molecule has 0 bridgehead atoms. The lowest BCUT2D eigenvalue weighted by atomic mass is 10.2. The lowest BCUT2D eigenvalue weighted by Gasteiger charge is -2.09. The summed E-state index contributed by atoms with van der Waals surface area (Å²) in [5.74, 6) is 0.0923. The third-order valence-electron chi connectivity index (χ3n) is 2.87. The molecule has 0 heterocycles. The monoisotopic (exact) mass is 334 g/mol. The molecule has 5 heteroatoms. The van der Waals surface area contributed by atoms with Crippen LogP contribution in [0.1, 0.15) is 31.1 Å². The lowest BCUT2D eigenvalue weighted by molar-refractivity contribution is -0.123. The highest BCUT2D eigenvalue weighted by molar-refractivity contribution is 5.75. The molecule has 0 amide bonds. The average molecular weight is 334 g/mol. The van der Waals surface area contributed by atoms with Gasteiger partial charge in [-0.25, -0.2) is 4.39 Å². The van der Waals surface area contributed by atoms with Crippen LogP contribution in [0.4, 0.5) is 4.39 Å². The van der Waals surface area contributed by atoms with Crippen LogP contribution >= 0.6 is 0 Å². The summed E-state index contributed by atoms with van der Waals surface area (Å²) in [6.45, 7) is 7.25. The first kappa shape index (κ1) is 19.8. The molecule has 24 heavy (non-hydrogen) atoms. The molecule has 0 N–H and O–H groups in total. The van der Waals surface area contributed by atoms with E-state index >= 15 is 0 Å². The van der Waals surface area contributed by atoms with Gasteiger partial charge in [0.2, 0.25) is 0 Å². The number of hydrogen-bond donors (Lipinski definition) is 0. The maximum Gasteiger partial charge on any atom is 0.165 e. The molecule has 0 aliphatic carbocycles. The Balaban J connectivity index is 0.000000307. The summed E-state index contributed by atoms with van der Waals surface area (Å²) in [6, 6.07) is 12.8. The first-order valence-electron chi connectivity index (χ1n) is 7.81. The Morgan fingerprint density at radius 3 is 2.21 bits per heavy atom. The maximum absolute atomic E-state index is 13.4. The van der Waals surface area contributed by atoms with Crippen molar-refractivity contribution in [2.75, 3.05) is 13.2 Å². The molecule has 2 aromatic rings. The van der Waals surface area contributed by atoms with Crippen LogP contribution in [0, 0.1) is 5.82 Å². The molecule has 0 aromatic heterocycles. The zero-order chi connectivity index (χ0) is 17.8. The summed E-state index contributed by atoms with van der Waals surface area (Å²) >= 11 is 0. The molecule has 0 saturated heterocycles. The molecule has 0 aliphatic heterocycles. The fraction of sp³-hybridized carbons (Fsp3) is 0.316. The standard InChI is InChI=1S/C13H9FO2.C6H14O2/c14-12-7-6-10(9-15)8-13(12)16-11-4-2-1-3-5-11;1-4-7-6(3)8-5-2/h1-9H;6H,4-5H2,1-3H3. The quantitative estimate of drug-likeness (QED) is 0.537. The van der Waals surface area contributed by atoms with E-state index in [1.807, 2.05) is 26.8 Å². The van der Waals surface area contributed by atoms with Crippen LogP contribution in [0.15, 0.2) is 48.5 Å². The fourth-order valence-electron chi connectivity index (χ4n) is 1.80. The first-order chi connectivity index (χ1) is 11.6. The van der Waals surface area contributed by atoms with Gasteiger partial charge < -0.3 is 14.2 Å². The summed E-state index contributed by atoms with van der Waals surface area (Å²) in [4.78, 5) is 10.5. The number of benzene rings is 2. The Morgan fingerprint density at radius 2 is 1.67 bits per heavy atom. The van der Waals surface area contributed by atoms with Gasteiger partial charge in [-0.15, -0.1) is 0 Å². The van der Waals surface area contributed by atoms with Gasteiger partial charge in [0.05, 0.1) is 0 Å². The minimum Gasteiger partial charge on any atom is -0.454 e. The van der Waals surface area contributed by atoms with Crippen molar-refractivity contribution in [2.45, 2.75) is 27.1 Å². The number of aldehydes is 1. The highest BCUT2D eigenvalue weighted by Gasteiger charge is 2.05. The van der Waals surface area contributed by atoms with Gasteiger partial charge in [-0.2, -0.15) is 0 Å². The minimum atomic E-state index is -0.491. The van der Waals surface area contributed by atoms with Crippen LogP contribution in [-0.2, 0) is 9.47 Å². The van der Waals surface area contributed by atoms with E-state index in [2.05, 4.69) is 0 Å². The summed E-state index contributed by atoms with van der Waals surface area (Å²) in [5.41, 5.74) is 0.382. The van der Waals surface area contributed by atoms with Crippen LogP contribution in [0.25, 0.3) is 0 Å². The molecule has 0 saturated carbocycles. The fourth-order valence-corrected chi connectivity index (χ4v) is 1.80. The number of para-hydroxylation sites is 1. The third kappa shape index (κ3) is 7.35. The Morgan fingerprint density at radius 1 is 1.04 bits per heavy atom. The second-order valence-electron chi connectivity index (χ2n) is 4.70. The Bertz CT molecular complexity index is 596. The van der Waals surface area contributed by atoms with Gasteiger partial charge in [-0.3, -0.25) is 4.79 Å². The zero-order valence-electron chi connectivity index (χ0n) is 14.2. The molecule has 0 fully saturated rings. The maximum atomic E-state index is 13.4. The van der Waals surface area contributed by atoms with Crippen molar-refractivity contribution in [1.29, 1.82) is 0 Å². The van der Waals surface area contributed by atoms with E-state index in [4.69, 9.17) is 14.2 Å². The smallest absolute Gasteiger partial charge is 0.165 e. The second kappa shape index (κ2) is 11.3. The number of hydrogen-bond acceptors (Lipinski definition) is 4.